The van der Waals surface area contributed by atoms with Crippen molar-refractivity contribution in [1.29, 1.82) is 0 Å². The van der Waals surface area contributed by atoms with E-state index in [9.17, 15) is 14.7 Å². The summed E-state index contributed by atoms with van der Waals surface area (Å²) in [6, 6.07) is 8.98. The van der Waals surface area contributed by atoms with Crippen LogP contribution in [0.15, 0.2) is 30.3 Å². The standard InChI is InChI=1S/C17H25NO3/c1-17(2,3)11-7-10-15(19)18-12-14(16(20)21)13-8-5-4-6-9-13/h4-6,8-9,14H,7,10-12H2,1-3H3,(H,18,19)(H,20,21). The van der Waals surface area contributed by atoms with Gasteiger partial charge in [0.1, 0.15) is 0 Å². The summed E-state index contributed by atoms with van der Waals surface area (Å²) in [5.74, 6) is -1.70. The molecular formula is C17H25NO3. The van der Waals surface area contributed by atoms with Crippen molar-refractivity contribution in [3.05, 3.63) is 35.9 Å². The number of aliphatic carboxylic acids is 1. The fraction of sp³-hybridized carbons (Fsp3) is 0.529. The summed E-state index contributed by atoms with van der Waals surface area (Å²) in [5.41, 5.74) is 0.925. The third-order valence-corrected chi connectivity index (χ3v) is 3.33. The Morgan fingerprint density at radius 1 is 1.19 bits per heavy atom. The minimum absolute atomic E-state index is 0.0820. The molecule has 0 bridgehead atoms. The number of rotatable bonds is 7. The molecule has 2 N–H and O–H groups in total. The van der Waals surface area contributed by atoms with E-state index in [1.54, 1.807) is 24.3 Å². The van der Waals surface area contributed by atoms with Gasteiger partial charge in [0.05, 0.1) is 5.92 Å². The summed E-state index contributed by atoms with van der Waals surface area (Å²) >= 11 is 0. The van der Waals surface area contributed by atoms with Crippen LogP contribution < -0.4 is 5.32 Å². The SMILES string of the molecule is CC(C)(C)CCCC(=O)NCC(C(=O)O)c1ccccc1. The minimum atomic E-state index is -0.920. The molecule has 0 aromatic heterocycles. The maximum atomic E-state index is 11.8. The number of carboxylic acids is 1. The van der Waals surface area contributed by atoms with Crippen LogP contribution in [0.2, 0.25) is 0 Å². The molecule has 0 aliphatic heterocycles. The van der Waals surface area contributed by atoms with Gasteiger partial charge in [-0.05, 0) is 23.8 Å². The third-order valence-electron chi connectivity index (χ3n) is 3.33. The summed E-state index contributed by atoms with van der Waals surface area (Å²) in [4.78, 5) is 23.1. The van der Waals surface area contributed by atoms with Crippen molar-refractivity contribution in [2.24, 2.45) is 5.41 Å². The highest BCUT2D eigenvalue weighted by atomic mass is 16.4. The van der Waals surface area contributed by atoms with Gasteiger partial charge in [-0.25, -0.2) is 0 Å². The number of hydrogen-bond acceptors (Lipinski definition) is 2. The quantitative estimate of drug-likeness (QED) is 0.810. The van der Waals surface area contributed by atoms with Gasteiger partial charge in [0.25, 0.3) is 0 Å². The largest absolute Gasteiger partial charge is 0.481 e. The number of carboxylic acid groups (broad SMARTS) is 1. The highest BCUT2D eigenvalue weighted by Gasteiger charge is 2.20. The third kappa shape index (κ3) is 6.93. The normalized spacial score (nSPS) is 12.7. The number of carbonyl (C=O) groups excluding carboxylic acids is 1. The van der Waals surface area contributed by atoms with Crippen LogP contribution in [0.5, 0.6) is 0 Å². The lowest BCUT2D eigenvalue weighted by Gasteiger charge is -2.18. The highest BCUT2D eigenvalue weighted by Crippen LogP contribution is 2.21. The van der Waals surface area contributed by atoms with Crippen molar-refractivity contribution in [3.8, 4) is 0 Å². The summed E-state index contributed by atoms with van der Waals surface area (Å²) in [7, 11) is 0. The molecule has 0 saturated carbocycles. The molecule has 1 aromatic rings. The van der Waals surface area contributed by atoms with E-state index in [-0.39, 0.29) is 17.9 Å². The van der Waals surface area contributed by atoms with Crippen LogP contribution in [0.1, 0.15) is 51.5 Å². The Morgan fingerprint density at radius 2 is 1.81 bits per heavy atom. The van der Waals surface area contributed by atoms with Gasteiger partial charge in [-0.15, -0.1) is 0 Å². The van der Waals surface area contributed by atoms with Crippen molar-refractivity contribution >= 4 is 11.9 Å². The second-order valence-corrected chi connectivity index (χ2v) is 6.52. The second kappa shape index (κ2) is 7.81. The number of nitrogens with one attached hydrogen (secondary N) is 1. The number of hydrogen-bond donors (Lipinski definition) is 2. The molecule has 116 valence electrons. The van der Waals surface area contributed by atoms with E-state index >= 15 is 0 Å². The average Bonchev–Trinajstić information content (AvgIpc) is 2.38. The summed E-state index contributed by atoms with van der Waals surface area (Å²) in [6.07, 6.45) is 2.23. The van der Waals surface area contributed by atoms with Crippen molar-refractivity contribution in [2.75, 3.05) is 6.54 Å². The lowest BCUT2D eigenvalue weighted by molar-refractivity contribution is -0.138. The first kappa shape index (κ1) is 17.2. The van der Waals surface area contributed by atoms with Gasteiger partial charge in [-0.3, -0.25) is 9.59 Å². The van der Waals surface area contributed by atoms with Crippen molar-refractivity contribution < 1.29 is 14.7 Å². The van der Waals surface area contributed by atoms with Crippen LogP contribution in [0.25, 0.3) is 0 Å². The van der Waals surface area contributed by atoms with Crippen molar-refractivity contribution in [2.45, 2.75) is 46.0 Å². The zero-order valence-electron chi connectivity index (χ0n) is 13.1. The molecule has 1 aromatic carbocycles. The maximum absolute atomic E-state index is 11.8. The number of carbonyl (C=O) groups is 2. The van der Waals surface area contributed by atoms with Crippen LogP contribution in [-0.2, 0) is 9.59 Å². The summed E-state index contributed by atoms with van der Waals surface area (Å²) < 4.78 is 0. The topological polar surface area (TPSA) is 66.4 Å². The van der Waals surface area contributed by atoms with Gasteiger partial charge in [-0.1, -0.05) is 51.1 Å². The van der Waals surface area contributed by atoms with Crippen molar-refractivity contribution in [1.82, 2.24) is 5.32 Å². The molecule has 0 aliphatic carbocycles. The lowest BCUT2D eigenvalue weighted by atomic mass is 9.90. The Bertz CT molecular complexity index is 463. The van der Waals surface area contributed by atoms with Gasteiger partial charge in [0.2, 0.25) is 5.91 Å². The molecule has 1 rings (SSSR count). The molecule has 0 radical (unpaired) electrons. The van der Waals surface area contributed by atoms with Crippen LogP contribution in [0.3, 0.4) is 0 Å². The predicted molar refractivity (Wildman–Crippen MR) is 83.1 cm³/mol. The fourth-order valence-electron chi connectivity index (χ4n) is 2.12. The first-order chi connectivity index (χ1) is 9.79. The Hall–Kier alpha value is -1.84. The molecule has 1 unspecified atom stereocenters. The van der Waals surface area contributed by atoms with E-state index in [1.165, 1.54) is 0 Å². The highest BCUT2D eigenvalue weighted by molar-refractivity contribution is 5.79. The summed E-state index contributed by atoms with van der Waals surface area (Å²) in [5, 5.41) is 12.0. The molecular weight excluding hydrogens is 266 g/mol. The maximum Gasteiger partial charge on any atom is 0.312 e. The molecule has 0 spiro atoms. The van der Waals surface area contributed by atoms with Crippen LogP contribution >= 0.6 is 0 Å². The smallest absolute Gasteiger partial charge is 0.312 e. The van der Waals surface area contributed by atoms with Crippen LogP contribution in [0, 0.1) is 5.41 Å². The van der Waals surface area contributed by atoms with E-state index < -0.39 is 11.9 Å². The van der Waals surface area contributed by atoms with E-state index in [4.69, 9.17) is 0 Å². The van der Waals surface area contributed by atoms with E-state index in [0.29, 0.717) is 12.0 Å². The molecule has 0 saturated heterocycles. The van der Waals surface area contributed by atoms with Gasteiger partial charge in [0, 0.05) is 13.0 Å². The first-order valence-electron chi connectivity index (χ1n) is 7.34. The van der Waals surface area contributed by atoms with E-state index in [1.807, 2.05) is 6.07 Å². The first-order valence-corrected chi connectivity index (χ1v) is 7.34. The Labute approximate surface area is 126 Å². The molecule has 0 heterocycles. The number of benzene rings is 1. The van der Waals surface area contributed by atoms with Gasteiger partial charge < -0.3 is 10.4 Å². The zero-order chi connectivity index (χ0) is 15.9. The van der Waals surface area contributed by atoms with Crippen LogP contribution in [0.4, 0.5) is 0 Å². The summed E-state index contributed by atoms with van der Waals surface area (Å²) in [6.45, 7) is 6.55. The lowest BCUT2D eigenvalue weighted by Crippen LogP contribution is -2.31. The predicted octanol–water partition coefficient (Wildman–Crippen LogP) is 3.19. The molecule has 0 aliphatic rings. The van der Waals surface area contributed by atoms with E-state index in [0.717, 1.165) is 12.8 Å². The Kier molecular flexibility index (Phi) is 6.40. The minimum Gasteiger partial charge on any atom is -0.481 e. The van der Waals surface area contributed by atoms with E-state index in [2.05, 4.69) is 26.1 Å². The second-order valence-electron chi connectivity index (χ2n) is 6.52. The molecule has 4 nitrogen and oxygen atoms in total. The monoisotopic (exact) mass is 291 g/mol. The fourth-order valence-corrected chi connectivity index (χ4v) is 2.12. The van der Waals surface area contributed by atoms with Gasteiger partial charge in [-0.2, -0.15) is 0 Å². The average molecular weight is 291 g/mol. The Balaban J connectivity index is 2.44. The molecule has 0 fully saturated rings. The number of amides is 1. The molecule has 4 heteroatoms. The zero-order valence-corrected chi connectivity index (χ0v) is 13.1. The van der Waals surface area contributed by atoms with Gasteiger partial charge in [0.15, 0.2) is 0 Å². The molecule has 1 amide bonds. The van der Waals surface area contributed by atoms with Crippen molar-refractivity contribution in [3.63, 3.8) is 0 Å². The Morgan fingerprint density at radius 3 is 2.33 bits per heavy atom. The molecule has 1 atom stereocenters. The molecule has 21 heavy (non-hydrogen) atoms. The van der Waals surface area contributed by atoms with Crippen LogP contribution in [-0.4, -0.2) is 23.5 Å². The van der Waals surface area contributed by atoms with Gasteiger partial charge >= 0.3 is 5.97 Å².